The lowest BCUT2D eigenvalue weighted by atomic mass is 10.1. The number of amides is 2. The predicted octanol–water partition coefficient (Wildman–Crippen LogP) is 1.61. The van der Waals surface area contributed by atoms with Crippen molar-refractivity contribution >= 4 is 17.6 Å². The second-order valence-electron chi connectivity index (χ2n) is 3.94. The van der Waals surface area contributed by atoms with E-state index in [1.807, 2.05) is 6.92 Å². The van der Waals surface area contributed by atoms with Gasteiger partial charge in [0.05, 0.1) is 5.56 Å². The number of nitrogens with one attached hydrogen (secondary N) is 1. The van der Waals surface area contributed by atoms with Crippen molar-refractivity contribution in [1.82, 2.24) is 10.3 Å². The standard InChI is InChI=1S/C12H15N3O4/c1-3-5-11(16)14-12(17)8-6-9(4-2)13-10(7-8)15(18)19/h6-7H,3-5H2,1-2H3,(H,14,16,17). The molecule has 1 N–H and O–H groups in total. The highest BCUT2D eigenvalue weighted by Crippen LogP contribution is 2.13. The summed E-state index contributed by atoms with van der Waals surface area (Å²) in [4.78, 5) is 36.9. The maximum absolute atomic E-state index is 11.8. The summed E-state index contributed by atoms with van der Waals surface area (Å²) in [6.07, 6.45) is 1.32. The topological polar surface area (TPSA) is 102 Å². The van der Waals surface area contributed by atoms with Gasteiger partial charge in [-0.2, -0.15) is 0 Å². The molecule has 0 saturated carbocycles. The summed E-state index contributed by atoms with van der Waals surface area (Å²) in [6, 6.07) is 2.51. The fourth-order valence-electron chi connectivity index (χ4n) is 1.47. The Hall–Kier alpha value is -2.31. The Morgan fingerprint density at radius 1 is 1.37 bits per heavy atom. The molecule has 102 valence electrons. The van der Waals surface area contributed by atoms with Crippen LogP contribution in [0.1, 0.15) is 42.7 Å². The van der Waals surface area contributed by atoms with Gasteiger partial charge in [-0.05, 0) is 22.4 Å². The van der Waals surface area contributed by atoms with Crippen LogP contribution in [0.4, 0.5) is 5.82 Å². The zero-order valence-corrected chi connectivity index (χ0v) is 10.8. The van der Waals surface area contributed by atoms with E-state index < -0.39 is 22.6 Å². The van der Waals surface area contributed by atoms with E-state index in [0.29, 0.717) is 18.5 Å². The summed E-state index contributed by atoms with van der Waals surface area (Å²) in [6.45, 7) is 3.59. The first-order valence-corrected chi connectivity index (χ1v) is 5.97. The number of nitro groups is 1. The van der Waals surface area contributed by atoms with Gasteiger partial charge in [-0.1, -0.05) is 13.8 Å². The molecule has 0 atom stereocenters. The SMILES string of the molecule is CCCC(=O)NC(=O)c1cc(CC)nc([N+](=O)[O-])c1. The Morgan fingerprint density at radius 3 is 2.58 bits per heavy atom. The van der Waals surface area contributed by atoms with Crippen LogP contribution in [0, 0.1) is 10.1 Å². The quantitative estimate of drug-likeness (QED) is 0.643. The van der Waals surface area contributed by atoms with Crippen molar-refractivity contribution in [3.05, 3.63) is 33.5 Å². The number of carbonyl (C=O) groups is 2. The molecule has 0 radical (unpaired) electrons. The summed E-state index contributed by atoms with van der Waals surface area (Å²) in [5.74, 6) is -1.43. The van der Waals surface area contributed by atoms with Crippen molar-refractivity contribution in [3.63, 3.8) is 0 Å². The molecule has 0 fully saturated rings. The van der Waals surface area contributed by atoms with Crippen LogP contribution in [0.3, 0.4) is 0 Å². The zero-order chi connectivity index (χ0) is 14.4. The molecule has 1 heterocycles. The molecule has 7 nitrogen and oxygen atoms in total. The van der Waals surface area contributed by atoms with Crippen LogP contribution in [0.2, 0.25) is 0 Å². The van der Waals surface area contributed by atoms with E-state index in [1.54, 1.807) is 6.92 Å². The minimum Gasteiger partial charge on any atom is -0.358 e. The number of pyridine rings is 1. The Balaban J connectivity index is 2.99. The molecule has 0 aromatic carbocycles. The second kappa shape index (κ2) is 6.58. The monoisotopic (exact) mass is 265 g/mol. The molecule has 0 aliphatic carbocycles. The Kier molecular flexibility index (Phi) is 5.11. The van der Waals surface area contributed by atoms with Crippen molar-refractivity contribution in [2.75, 3.05) is 0 Å². The molecule has 0 bridgehead atoms. The first kappa shape index (κ1) is 14.7. The normalized spacial score (nSPS) is 10.0. The average molecular weight is 265 g/mol. The molecule has 0 unspecified atom stereocenters. The summed E-state index contributed by atoms with van der Waals surface area (Å²) in [7, 11) is 0. The number of imide groups is 1. The lowest BCUT2D eigenvalue weighted by Crippen LogP contribution is -2.30. The van der Waals surface area contributed by atoms with Gasteiger partial charge < -0.3 is 10.1 Å². The number of aryl methyl sites for hydroxylation is 1. The van der Waals surface area contributed by atoms with Gasteiger partial charge in [-0.15, -0.1) is 0 Å². The number of aromatic nitrogens is 1. The Labute approximate surface area is 110 Å². The van der Waals surface area contributed by atoms with Crippen LogP contribution in [0.5, 0.6) is 0 Å². The Bertz CT molecular complexity index is 514. The van der Waals surface area contributed by atoms with Crippen molar-refractivity contribution in [2.24, 2.45) is 0 Å². The molecular weight excluding hydrogens is 250 g/mol. The van der Waals surface area contributed by atoms with Crippen LogP contribution in [-0.4, -0.2) is 21.7 Å². The van der Waals surface area contributed by atoms with Gasteiger partial charge >= 0.3 is 5.82 Å². The number of carbonyl (C=O) groups excluding carboxylic acids is 2. The third-order valence-corrected chi connectivity index (χ3v) is 2.41. The maximum Gasteiger partial charge on any atom is 0.364 e. The van der Waals surface area contributed by atoms with Gasteiger partial charge in [0.15, 0.2) is 5.69 Å². The minimum absolute atomic E-state index is 0.0722. The molecule has 1 rings (SSSR count). The average Bonchev–Trinajstić information content (AvgIpc) is 2.38. The largest absolute Gasteiger partial charge is 0.364 e. The van der Waals surface area contributed by atoms with Gasteiger partial charge in [-0.25, -0.2) is 0 Å². The van der Waals surface area contributed by atoms with Gasteiger partial charge in [-0.3, -0.25) is 14.9 Å². The summed E-state index contributed by atoms with van der Waals surface area (Å²) < 4.78 is 0. The van der Waals surface area contributed by atoms with Crippen LogP contribution >= 0.6 is 0 Å². The summed E-state index contributed by atoms with van der Waals surface area (Å²) >= 11 is 0. The van der Waals surface area contributed by atoms with Crippen molar-refractivity contribution in [1.29, 1.82) is 0 Å². The van der Waals surface area contributed by atoms with Crippen LogP contribution in [-0.2, 0) is 11.2 Å². The van der Waals surface area contributed by atoms with Crippen molar-refractivity contribution < 1.29 is 14.5 Å². The first-order chi connectivity index (χ1) is 8.97. The molecule has 0 aliphatic heterocycles. The van der Waals surface area contributed by atoms with E-state index in [0.717, 1.165) is 6.07 Å². The maximum atomic E-state index is 11.8. The molecule has 7 heteroatoms. The molecule has 19 heavy (non-hydrogen) atoms. The predicted molar refractivity (Wildman–Crippen MR) is 67.7 cm³/mol. The molecule has 0 aliphatic rings. The third kappa shape index (κ3) is 4.13. The first-order valence-electron chi connectivity index (χ1n) is 5.97. The van der Waals surface area contributed by atoms with Crippen LogP contribution in [0.15, 0.2) is 12.1 Å². The lowest BCUT2D eigenvalue weighted by molar-refractivity contribution is -0.389. The molecule has 0 saturated heterocycles. The van der Waals surface area contributed by atoms with Gasteiger partial charge in [0.2, 0.25) is 5.91 Å². The van der Waals surface area contributed by atoms with Crippen LogP contribution < -0.4 is 5.32 Å². The van der Waals surface area contributed by atoms with Gasteiger partial charge in [0.25, 0.3) is 5.91 Å². The van der Waals surface area contributed by atoms with E-state index in [9.17, 15) is 19.7 Å². The van der Waals surface area contributed by atoms with Crippen molar-refractivity contribution in [2.45, 2.75) is 33.1 Å². The molecule has 1 aromatic heterocycles. The summed E-state index contributed by atoms with van der Waals surface area (Å²) in [5.41, 5.74) is 0.505. The van der Waals surface area contributed by atoms with E-state index in [4.69, 9.17) is 0 Å². The summed E-state index contributed by atoms with van der Waals surface area (Å²) in [5, 5.41) is 12.9. The van der Waals surface area contributed by atoms with Crippen molar-refractivity contribution in [3.8, 4) is 0 Å². The van der Waals surface area contributed by atoms with Crippen LogP contribution in [0.25, 0.3) is 0 Å². The third-order valence-electron chi connectivity index (χ3n) is 2.41. The second-order valence-corrected chi connectivity index (χ2v) is 3.94. The number of nitrogens with zero attached hydrogens (tertiary/aromatic N) is 2. The number of hydrogen-bond acceptors (Lipinski definition) is 5. The van der Waals surface area contributed by atoms with E-state index in [1.165, 1.54) is 6.07 Å². The molecular formula is C12H15N3O4. The van der Waals surface area contributed by atoms with E-state index in [-0.39, 0.29) is 12.0 Å². The van der Waals surface area contributed by atoms with Gasteiger partial charge in [0, 0.05) is 18.9 Å². The molecule has 0 spiro atoms. The smallest absolute Gasteiger partial charge is 0.358 e. The zero-order valence-electron chi connectivity index (χ0n) is 10.8. The van der Waals surface area contributed by atoms with E-state index in [2.05, 4.69) is 10.3 Å². The highest BCUT2D eigenvalue weighted by atomic mass is 16.6. The Morgan fingerprint density at radius 2 is 2.05 bits per heavy atom. The van der Waals surface area contributed by atoms with E-state index >= 15 is 0 Å². The molecule has 1 aromatic rings. The number of rotatable bonds is 5. The fourth-order valence-corrected chi connectivity index (χ4v) is 1.47. The highest BCUT2D eigenvalue weighted by molar-refractivity contribution is 6.04. The fraction of sp³-hybridized carbons (Fsp3) is 0.417. The molecule has 2 amide bonds. The lowest BCUT2D eigenvalue weighted by Gasteiger charge is -2.03. The minimum atomic E-state index is -0.663. The highest BCUT2D eigenvalue weighted by Gasteiger charge is 2.17. The van der Waals surface area contributed by atoms with Gasteiger partial charge in [0.1, 0.15) is 0 Å². The number of hydrogen-bond donors (Lipinski definition) is 1.